The molecule has 24 heavy (non-hydrogen) atoms. The summed E-state index contributed by atoms with van der Waals surface area (Å²) >= 11 is 1.69. The van der Waals surface area contributed by atoms with Crippen molar-refractivity contribution >= 4 is 17.7 Å². The average molecular weight is 343 g/mol. The van der Waals surface area contributed by atoms with E-state index in [2.05, 4.69) is 17.4 Å². The van der Waals surface area contributed by atoms with E-state index >= 15 is 0 Å². The van der Waals surface area contributed by atoms with Crippen LogP contribution in [0.2, 0.25) is 0 Å². The molecule has 0 bridgehead atoms. The molecule has 0 spiro atoms. The van der Waals surface area contributed by atoms with Crippen molar-refractivity contribution in [2.45, 2.75) is 24.3 Å². The molecule has 0 saturated heterocycles. The molecule has 4 nitrogen and oxygen atoms in total. The molecule has 1 atom stereocenters. The molecule has 1 aliphatic rings. The molecule has 1 N–H and O–H groups in total. The molecular formula is C19H21NO3S. The number of rotatable bonds is 6. The zero-order chi connectivity index (χ0) is 16.8. The maximum atomic E-state index is 12.1. The molecule has 0 aliphatic carbocycles. The summed E-state index contributed by atoms with van der Waals surface area (Å²) in [6, 6.07) is 15.9. The van der Waals surface area contributed by atoms with Gasteiger partial charge in [0.05, 0.1) is 6.04 Å². The molecule has 0 saturated carbocycles. The number of thioether (sulfide) groups is 1. The Morgan fingerprint density at radius 1 is 1.12 bits per heavy atom. The third-order valence-corrected chi connectivity index (χ3v) is 4.80. The fourth-order valence-corrected chi connectivity index (χ4v) is 3.38. The smallest absolute Gasteiger partial charge is 0.221 e. The molecule has 0 unspecified atom stereocenters. The second-order valence-electron chi connectivity index (χ2n) is 5.60. The molecule has 2 aromatic rings. The first-order chi connectivity index (χ1) is 11.7. The summed E-state index contributed by atoms with van der Waals surface area (Å²) in [6.45, 7) is 3.12. The lowest BCUT2D eigenvalue weighted by Crippen LogP contribution is -2.27. The molecule has 1 amide bonds. The second-order valence-corrected chi connectivity index (χ2v) is 6.77. The number of ether oxygens (including phenoxy) is 2. The Balaban J connectivity index is 1.49. The summed E-state index contributed by atoms with van der Waals surface area (Å²) in [5, 5.41) is 3.04. The molecule has 1 heterocycles. The van der Waals surface area contributed by atoms with Crippen LogP contribution in [-0.2, 0) is 4.79 Å². The van der Waals surface area contributed by atoms with Gasteiger partial charge in [-0.25, -0.2) is 0 Å². The van der Waals surface area contributed by atoms with Crippen molar-refractivity contribution in [3.8, 4) is 11.5 Å². The lowest BCUT2D eigenvalue weighted by atomic mass is 10.1. The van der Waals surface area contributed by atoms with Crippen molar-refractivity contribution in [3.05, 3.63) is 54.1 Å². The van der Waals surface area contributed by atoms with Gasteiger partial charge in [0.2, 0.25) is 5.91 Å². The molecular weight excluding hydrogens is 322 g/mol. The zero-order valence-corrected chi connectivity index (χ0v) is 14.5. The van der Waals surface area contributed by atoms with Crippen molar-refractivity contribution in [2.24, 2.45) is 0 Å². The van der Waals surface area contributed by atoms with Crippen LogP contribution >= 0.6 is 11.8 Å². The van der Waals surface area contributed by atoms with Crippen LogP contribution in [-0.4, -0.2) is 24.9 Å². The lowest BCUT2D eigenvalue weighted by molar-refractivity contribution is -0.121. The molecule has 3 rings (SSSR count). The topological polar surface area (TPSA) is 47.6 Å². The minimum Gasteiger partial charge on any atom is -0.486 e. The van der Waals surface area contributed by atoms with Gasteiger partial charge in [-0.1, -0.05) is 24.3 Å². The Bertz CT molecular complexity index is 690. The Hall–Kier alpha value is -2.14. The van der Waals surface area contributed by atoms with Crippen LogP contribution in [0.25, 0.3) is 0 Å². The number of nitrogens with one attached hydrogen (secondary N) is 1. The van der Waals surface area contributed by atoms with Gasteiger partial charge in [0.25, 0.3) is 0 Å². The standard InChI is InChI=1S/C19H21NO3S/c1-14(15-7-8-17-18(13-15)23-11-10-22-17)20-19(21)9-12-24-16-5-3-2-4-6-16/h2-8,13-14H,9-12H2,1H3,(H,20,21)/t14-/m0/s1. The summed E-state index contributed by atoms with van der Waals surface area (Å²) in [5.74, 6) is 2.34. The van der Waals surface area contributed by atoms with Gasteiger partial charge in [-0.3, -0.25) is 4.79 Å². The quantitative estimate of drug-likeness (QED) is 0.810. The lowest BCUT2D eigenvalue weighted by Gasteiger charge is -2.21. The first kappa shape index (κ1) is 16.7. The Kier molecular flexibility index (Phi) is 5.64. The Morgan fingerprint density at radius 2 is 1.88 bits per heavy atom. The summed E-state index contributed by atoms with van der Waals surface area (Å²) < 4.78 is 11.1. The summed E-state index contributed by atoms with van der Waals surface area (Å²) in [4.78, 5) is 13.3. The Labute approximate surface area is 146 Å². The molecule has 2 aromatic carbocycles. The van der Waals surface area contributed by atoms with Crippen LogP contribution in [0.5, 0.6) is 11.5 Å². The Morgan fingerprint density at radius 3 is 2.67 bits per heavy atom. The predicted octanol–water partition coefficient (Wildman–Crippen LogP) is 3.82. The number of hydrogen-bond acceptors (Lipinski definition) is 4. The number of hydrogen-bond donors (Lipinski definition) is 1. The van der Waals surface area contributed by atoms with Crippen molar-refractivity contribution in [3.63, 3.8) is 0 Å². The van der Waals surface area contributed by atoms with E-state index in [9.17, 15) is 4.79 Å². The third-order valence-electron chi connectivity index (χ3n) is 3.78. The van der Waals surface area contributed by atoms with Crippen molar-refractivity contribution < 1.29 is 14.3 Å². The third kappa shape index (κ3) is 4.45. The molecule has 0 radical (unpaired) electrons. The highest BCUT2D eigenvalue weighted by Crippen LogP contribution is 2.32. The van der Waals surface area contributed by atoms with Crippen LogP contribution in [0, 0.1) is 0 Å². The van der Waals surface area contributed by atoms with Crippen molar-refractivity contribution in [1.29, 1.82) is 0 Å². The highest BCUT2D eigenvalue weighted by molar-refractivity contribution is 7.99. The van der Waals surface area contributed by atoms with Gasteiger partial charge in [-0.15, -0.1) is 11.8 Å². The number of carbonyl (C=O) groups excluding carboxylic acids is 1. The zero-order valence-electron chi connectivity index (χ0n) is 13.7. The van der Waals surface area contributed by atoms with E-state index in [1.807, 2.05) is 43.3 Å². The minimum atomic E-state index is -0.0601. The fraction of sp³-hybridized carbons (Fsp3) is 0.316. The number of carbonyl (C=O) groups is 1. The first-order valence-corrected chi connectivity index (χ1v) is 9.08. The fourth-order valence-electron chi connectivity index (χ4n) is 2.50. The van der Waals surface area contributed by atoms with Gasteiger partial charge in [0, 0.05) is 17.1 Å². The van der Waals surface area contributed by atoms with Crippen molar-refractivity contribution in [1.82, 2.24) is 5.32 Å². The number of amides is 1. The van der Waals surface area contributed by atoms with Crippen LogP contribution in [0.1, 0.15) is 24.9 Å². The highest BCUT2D eigenvalue weighted by atomic mass is 32.2. The molecule has 126 valence electrons. The largest absolute Gasteiger partial charge is 0.486 e. The monoisotopic (exact) mass is 343 g/mol. The van der Waals surface area contributed by atoms with Crippen LogP contribution in [0.4, 0.5) is 0 Å². The predicted molar refractivity (Wildman–Crippen MR) is 95.8 cm³/mol. The number of benzene rings is 2. The van der Waals surface area contributed by atoms with Crippen molar-refractivity contribution in [2.75, 3.05) is 19.0 Å². The summed E-state index contributed by atoms with van der Waals surface area (Å²) in [5.41, 5.74) is 1.02. The summed E-state index contributed by atoms with van der Waals surface area (Å²) in [7, 11) is 0. The van der Waals surface area contributed by atoms with E-state index in [0.29, 0.717) is 19.6 Å². The van der Waals surface area contributed by atoms with Crippen LogP contribution in [0.15, 0.2) is 53.4 Å². The van der Waals surface area contributed by atoms with E-state index in [-0.39, 0.29) is 11.9 Å². The molecule has 1 aliphatic heterocycles. The molecule has 0 fully saturated rings. The highest BCUT2D eigenvalue weighted by Gasteiger charge is 2.15. The normalized spacial score (nSPS) is 14.0. The average Bonchev–Trinajstić information content (AvgIpc) is 2.62. The van der Waals surface area contributed by atoms with Gasteiger partial charge in [0.15, 0.2) is 11.5 Å². The van der Waals surface area contributed by atoms with E-state index < -0.39 is 0 Å². The molecule has 0 aromatic heterocycles. The van der Waals surface area contributed by atoms with E-state index in [4.69, 9.17) is 9.47 Å². The first-order valence-electron chi connectivity index (χ1n) is 8.09. The van der Waals surface area contributed by atoms with Crippen LogP contribution < -0.4 is 14.8 Å². The van der Waals surface area contributed by atoms with E-state index in [1.165, 1.54) is 4.90 Å². The maximum absolute atomic E-state index is 12.1. The van der Waals surface area contributed by atoms with Gasteiger partial charge < -0.3 is 14.8 Å². The van der Waals surface area contributed by atoms with Gasteiger partial charge in [-0.05, 0) is 36.8 Å². The van der Waals surface area contributed by atoms with Crippen LogP contribution in [0.3, 0.4) is 0 Å². The van der Waals surface area contributed by atoms with Gasteiger partial charge in [-0.2, -0.15) is 0 Å². The minimum absolute atomic E-state index is 0.0563. The SMILES string of the molecule is C[C@H](NC(=O)CCSc1ccccc1)c1ccc2c(c1)OCCO2. The maximum Gasteiger partial charge on any atom is 0.221 e. The summed E-state index contributed by atoms with van der Waals surface area (Å²) in [6.07, 6.45) is 0.494. The van der Waals surface area contributed by atoms with Gasteiger partial charge >= 0.3 is 0 Å². The van der Waals surface area contributed by atoms with Gasteiger partial charge in [0.1, 0.15) is 13.2 Å². The number of fused-ring (bicyclic) bond motifs is 1. The second kappa shape index (κ2) is 8.11. The molecule has 5 heteroatoms. The van der Waals surface area contributed by atoms with E-state index in [0.717, 1.165) is 22.8 Å². The van der Waals surface area contributed by atoms with E-state index in [1.54, 1.807) is 11.8 Å².